The summed E-state index contributed by atoms with van der Waals surface area (Å²) in [7, 11) is 0. The van der Waals surface area contributed by atoms with Crippen molar-refractivity contribution in [3.05, 3.63) is 84.7 Å². The fraction of sp³-hybridized carbons (Fsp3) is 0.125. The van der Waals surface area contributed by atoms with E-state index in [0.29, 0.717) is 17.7 Å². The molecule has 2 N–H and O–H groups in total. The number of nitrogens with zero attached hydrogens (tertiary/aromatic N) is 1. The van der Waals surface area contributed by atoms with Crippen LogP contribution in [0, 0.1) is 0 Å². The molecule has 1 amide bonds. The molecule has 0 saturated heterocycles. The summed E-state index contributed by atoms with van der Waals surface area (Å²) in [5.74, 6) is -0.175. The van der Waals surface area contributed by atoms with E-state index < -0.39 is 12.1 Å². The third kappa shape index (κ3) is 4.07. The molecule has 0 aliphatic rings. The van der Waals surface area contributed by atoms with E-state index in [1.165, 1.54) is 0 Å². The second kappa shape index (κ2) is 8.61. The minimum atomic E-state index is -0.888. The number of amides is 1. The monoisotopic (exact) mass is 399 g/mol. The molecular formula is C24H21N3O3. The Morgan fingerprint density at radius 2 is 1.80 bits per heavy atom. The van der Waals surface area contributed by atoms with Gasteiger partial charge in [-0.3, -0.25) is 4.79 Å². The zero-order chi connectivity index (χ0) is 20.9. The number of benzene rings is 3. The molecule has 3 aromatic carbocycles. The van der Waals surface area contributed by atoms with Crippen LogP contribution in [0.2, 0.25) is 0 Å². The Balaban J connectivity index is 1.45. The number of aromatic amines is 1. The number of H-pyrrole nitrogens is 1. The Morgan fingerprint density at radius 3 is 2.53 bits per heavy atom. The molecule has 6 heteroatoms. The molecule has 0 radical (unpaired) electrons. The van der Waals surface area contributed by atoms with Crippen LogP contribution in [0.4, 0.5) is 5.69 Å². The summed E-state index contributed by atoms with van der Waals surface area (Å²) < 4.78 is 5.49. The van der Waals surface area contributed by atoms with Gasteiger partial charge in [0.1, 0.15) is 5.82 Å². The van der Waals surface area contributed by atoms with E-state index in [1.54, 1.807) is 43.6 Å². The SMILES string of the molecule is CCC(OC(=O)c1ccc(-c2ncc[nH]2)cc1)C(=O)Nc1cccc2ccccc12. The number of carbonyl (C=O) groups excluding carboxylic acids is 2. The zero-order valence-corrected chi connectivity index (χ0v) is 16.5. The minimum Gasteiger partial charge on any atom is -0.449 e. The van der Waals surface area contributed by atoms with Crippen LogP contribution in [0.25, 0.3) is 22.2 Å². The van der Waals surface area contributed by atoms with Crippen molar-refractivity contribution in [3.8, 4) is 11.4 Å². The van der Waals surface area contributed by atoms with Gasteiger partial charge in [0.05, 0.1) is 5.56 Å². The molecule has 0 saturated carbocycles. The van der Waals surface area contributed by atoms with Gasteiger partial charge >= 0.3 is 5.97 Å². The molecule has 4 aromatic rings. The normalized spacial score (nSPS) is 11.8. The number of ether oxygens (including phenoxy) is 1. The largest absolute Gasteiger partial charge is 0.449 e. The van der Waals surface area contributed by atoms with E-state index in [2.05, 4.69) is 15.3 Å². The van der Waals surface area contributed by atoms with Crippen molar-refractivity contribution in [1.29, 1.82) is 0 Å². The second-order valence-electron chi connectivity index (χ2n) is 6.83. The zero-order valence-electron chi connectivity index (χ0n) is 16.5. The summed E-state index contributed by atoms with van der Waals surface area (Å²) in [4.78, 5) is 32.5. The highest BCUT2D eigenvalue weighted by atomic mass is 16.5. The molecule has 1 heterocycles. The number of imidazole rings is 1. The van der Waals surface area contributed by atoms with Gasteiger partial charge in [0, 0.05) is 29.0 Å². The lowest BCUT2D eigenvalue weighted by atomic mass is 10.1. The number of anilines is 1. The summed E-state index contributed by atoms with van der Waals surface area (Å²) in [6.45, 7) is 1.81. The molecule has 0 spiro atoms. The Kier molecular flexibility index (Phi) is 5.57. The van der Waals surface area contributed by atoms with Gasteiger partial charge in [-0.25, -0.2) is 9.78 Å². The summed E-state index contributed by atoms with van der Waals surface area (Å²) in [6.07, 6.45) is 2.88. The first-order valence-corrected chi connectivity index (χ1v) is 9.75. The molecule has 6 nitrogen and oxygen atoms in total. The standard InChI is InChI=1S/C24H21N3O3/c1-2-21(23(28)27-20-9-5-7-16-6-3-4-8-19(16)20)30-24(29)18-12-10-17(11-13-18)22-25-14-15-26-22/h3-15,21H,2H2,1H3,(H,25,26)(H,27,28). The number of carbonyl (C=O) groups is 2. The van der Waals surface area contributed by atoms with E-state index >= 15 is 0 Å². The molecule has 0 aliphatic heterocycles. The lowest BCUT2D eigenvalue weighted by Crippen LogP contribution is -2.32. The smallest absolute Gasteiger partial charge is 0.338 e. The van der Waals surface area contributed by atoms with Gasteiger partial charge in [-0.05, 0) is 30.0 Å². The molecule has 1 atom stereocenters. The van der Waals surface area contributed by atoms with Crippen LogP contribution < -0.4 is 5.32 Å². The molecule has 150 valence electrons. The average molecular weight is 399 g/mol. The number of fused-ring (bicyclic) bond motifs is 1. The van der Waals surface area contributed by atoms with E-state index in [1.807, 2.05) is 42.5 Å². The quantitative estimate of drug-likeness (QED) is 0.456. The fourth-order valence-electron chi connectivity index (χ4n) is 3.25. The molecule has 30 heavy (non-hydrogen) atoms. The number of hydrogen-bond acceptors (Lipinski definition) is 4. The number of rotatable bonds is 6. The molecule has 1 aromatic heterocycles. The van der Waals surface area contributed by atoms with Gasteiger partial charge in [-0.15, -0.1) is 0 Å². The van der Waals surface area contributed by atoms with Crippen molar-refractivity contribution in [2.75, 3.05) is 5.32 Å². The third-order valence-electron chi connectivity index (χ3n) is 4.85. The maximum absolute atomic E-state index is 12.8. The Hall–Kier alpha value is -3.93. The highest BCUT2D eigenvalue weighted by molar-refractivity contribution is 6.04. The first kappa shape index (κ1) is 19.4. The highest BCUT2D eigenvalue weighted by Crippen LogP contribution is 2.23. The maximum Gasteiger partial charge on any atom is 0.338 e. The van der Waals surface area contributed by atoms with Crippen molar-refractivity contribution >= 4 is 28.3 Å². The van der Waals surface area contributed by atoms with Crippen LogP contribution in [-0.2, 0) is 9.53 Å². The first-order valence-electron chi connectivity index (χ1n) is 9.75. The molecule has 4 rings (SSSR count). The van der Waals surface area contributed by atoms with Gasteiger partial charge in [0.25, 0.3) is 5.91 Å². The van der Waals surface area contributed by atoms with Crippen LogP contribution in [0.1, 0.15) is 23.7 Å². The summed E-state index contributed by atoms with van der Waals surface area (Å²) in [5, 5.41) is 4.85. The van der Waals surface area contributed by atoms with Crippen molar-refractivity contribution in [3.63, 3.8) is 0 Å². The predicted molar refractivity (Wildman–Crippen MR) is 116 cm³/mol. The van der Waals surface area contributed by atoms with E-state index in [-0.39, 0.29) is 5.91 Å². The number of nitrogens with one attached hydrogen (secondary N) is 2. The Bertz CT molecular complexity index is 1160. The van der Waals surface area contributed by atoms with Gasteiger partial charge in [-0.1, -0.05) is 55.5 Å². The number of aromatic nitrogens is 2. The summed E-state index contributed by atoms with van der Waals surface area (Å²) in [6, 6.07) is 20.4. The van der Waals surface area contributed by atoms with Crippen molar-refractivity contribution < 1.29 is 14.3 Å². The molecule has 0 bridgehead atoms. The third-order valence-corrected chi connectivity index (χ3v) is 4.85. The number of hydrogen-bond donors (Lipinski definition) is 2. The first-order chi connectivity index (χ1) is 14.7. The molecular weight excluding hydrogens is 378 g/mol. The summed E-state index contributed by atoms with van der Waals surface area (Å²) >= 11 is 0. The number of esters is 1. The summed E-state index contributed by atoms with van der Waals surface area (Å²) in [5.41, 5.74) is 1.93. The second-order valence-corrected chi connectivity index (χ2v) is 6.83. The lowest BCUT2D eigenvalue weighted by Gasteiger charge is -2.17. The van der Waals surface area contributed by atoms with Gasteiger partial charge in [0.2, 0.25) is 0 Å². The van der Waals surface area contributed by atoms with Gasteiger partial charge < -0.3 is 15.0 Å². The van der Waals surface area contributed by atoms with Crippen molar-refractivity contribution in [1.82, 2.24) is 9.97 Å². The Morgan fingerprint density at radius 1 is 1.03 bits per heavy atom. The van der Waals surface area contributed by atoms with Gasteiger partial charge in [-0.2, -0.15) is 0 Å². The average Bonchev–Trinajstić information content (AvgIpc) is 3.32. The Labute approximate surface area is 173 Å². The minimum absolute atomic E-state index is 0.352. The predicted octanol–water partition coefficient (Wildman–Crippen LogP) is 4.80. The van der Waals surface area contributed by atoms with Crippen LogP contribution in [-0.4, -0.2) is 27.9 Å². The van der Waals surface area contributed by atoms with E-state index in [0.717, 1.165) is 22.2 Å². The van der Waals surface area contributed by atoms with Gasteiger partial charge in [0.15, 0.2) is 6.10 Å². The topological polar surface area (TPSA) is 84.1 Å². The lowest BCUT2D eigenvalue weighted by molar-refractivity contribution is -0.124. The van der Waals surface area contributed by atoms with Crippen LogP contribution in [0.5, 0.6) is 0 Å². The van der Waals surface area contributed by atoms with Crippen LogP contribution in [0.15, 0.2) is 79.1 Å². The van der Waals surface area contributed by atoms with Crippen molar-refractivity contribution in [2.24, 2.45) is 0 Å². The fourth-order valence-corrected chi connectivity index (χ4v) is 3.25. The van der Waals surface area contributed by atoms with Crippen LogP contribution in [0.3, 0.4) is 0 Å². The van der Waals surface area contributed by atoms with E-state index in [4.69, 9.17) is 4.74 Å². The maximum atomic E-state index is 12.8. The van der Waals surface area contributed by atoms with Crippen molar-refractivity contribution in [2.45, 2.75) is 19.4 Å². The van der Waals surface area contributed by atoms with E-state index in [9.17, 15) is 9.59 Å². The molecule has 0 aliphatic carbocycles. The molecule has 1 unspecified atom stereocenters. The molecule has 0 fully saturated rings. The van der Waals surface area contributed by atoms with Crippen LogP contribution >= 0.6 is 0 Å². The highest BCUT2D eigenvalue weighted by Gasteiger charge is 2.22.